The summed E-state index contributed by atoms with van der Waals surface area (Å²) in [5.41, 5.74) is 19.9. The second-order valence-corrected chi connectivity index (χ2v) is 25.4. The molecule has 1 saturated heterocycles. The highest BCUT2D eigenvalue weighted by Crippen LogP contribution is 2.43. The van der Waals surface area contributed by atoms with Crippen LogP contribution >= 0.6 is 0 Å². The Morgan fingerprint density at radius 3 is 1.70 bits per heavy atom. The molecule has 0 radical (unpaired) electrons. The molecule has 0 aliphatic carbocycles. The summed E-state index contributed by atoms with van der Waals surface area (Å²) in [6.07, 6.45) is 4.27. The van der Waals surface area contributed by atoms with Gasteiger partial charge >= 0.3 is 0 Å². The number of benzene rings is 2. The van der Waals surface area contributed by atoms with Crippen LogP contribution in [0.2, 0.25) is 0 Å². The first-order valence-electron chi connectivity index (χ1n) is 36.7. The minimum atomic E-state index is -1.24. The van der Waals surface area contributed by atoms with Crippen LogP contribution in [0, 0.1) is 6.92 Å². The quantitative estimate of drug-likeness (QED) is 0.00941. The lowest BCUT2D eigenvalue weighted by molar-refractivity contribution is -0.141. The lowest BCUT2D eigenvalue weighted by Gasteiger charge is -2.34. The van der Waals surface area contributed by atoms with Crippen LogP contribution in [0.15, 0.2) is 71.4 Å². The number of nitrogens with one attached hydrogen (secondary N) is 4. The van der Waals surface area contributed by atoms with Crippen molar-refractivity contribution in [3.05, 3.63) is 88.9 Å². The minimum absolute atomic E-state index is 0.0250. The number of carbonyl (C=O) groups excluding carboxylic acids is 7. The molecule has 7 amide bonds. The zero-order valence-electron chi connectivity index (χ0n) is 63.3. The number of methoxy groups -OCH3 is 1. The smallest absolute Gasteiger partial charge is 0.276 e. The summed E-state index contributed by atoms with van der Waals surface area (Å²) in [6.45, 7) is 15.0. The van der Waals surface area contributed by atoms with E-state index in [1.54, 1.807) is 35.5 Å². The van der Waals surface area contributed by atoms with Gasteiger partial charge in [0.15, 0.2) is 6.29 Å². The number of imidazole rings is 1. The number of aromatic nitrogens is 4. The Bertz CT molecular complexity index is 3710. The number of aliphatic imine (C=N–C) groups is 1. The number of nitrogens with zero attached hydrogens (tertiary/aromatic N) is 9. The molecule has 5 heterocycles. The molecule has 7 rings (SSSR count). The third kappa shape index (κ3) is 30.8. The Hall–Kier alpha value is -9.14. The monoisotopic (exact) mass is 1560 g/mol. The van der Waals surface area contributed by atoms with Crippen LogP contribution in [0.4, 0.5) is 17.3 Å². The second kappa shape index (κ2) is 49.3. The molecule has 3 unspecified atom stereocenters. The number of imide groups is 1. The van der Waals surface area contributed by atoms with Crippen molar-refractivity contribution in [1.82, 2.24) is 44.7 Å². The van der Waals surface area contributed by atoms with Crippen LogP contribution in [0.3, 0.4) is 0 Å². The van der Waals surface area contributed by atoms with E-state index in [1.165, 1.54) is 48.2 Å². The van der Waals surface area contributed by atoms with E-state index in [1.807, 2.05) is 0 Å². The van der Waals surface area contributed by atoms with E-state index < -0.39 is 73.1 Å². The number of hydrogen-bond donors (Lipinski definition) is 11. The van der Waals surface area contributed by atoms with E-state index in [9.17, 15) is 54.0 Å². The van der Waals surface area contributed by atoms with Gasteiger partial charge in [0, 0.05) is 87.9 Å². The molecule has 2 aromatic heterocycles. The van der Waals surface area contributed by atoms with Gasteiger partial charge in [0.25, 0.3) is 23.6 Å². The van der Waals surface area contributed by atoms with Crippen LogP contribution in [-0.2, 0) is 79.6 Å². The van der Waals surface area contributed by atoms with Crippen molar-refractivity contribution in [2.45, 2.75) is 51.9 Å². The van der Waals surface area contributed by atoms with Crippen molar-refractivity contribution in [2.75, 3.05) is 240 Å². The molecule has 0 saturated carbocycles. The summed E-state index contributed by atoms with van der Waals surface area (Å²) in [5.74, 6) is -3.74. The van der Waals surface area contributed by atoms with Gasteiger partial charge in [-0.1, -0.05) is 12.2 Å². The molecular formula is C72H108N16O23. The van der Waals surface area contributed by atoms with Gasteiger partial charge in [0.1, 0.15) is 40.7 Å². The predicted molar refractivity (Wildman–Crippen MR) is 403 cm³/mol. The number of aliphatic hydroxyl groups excluding tert-OH is 4. The number of aliphatic hydroxyl groups is 4. The number of ether oxygens (including phenoxy) is 12. The lowest BCUT2D eigenvalue weighted by Crippen LogP contribution is -2.51. The van der Waals surface area contributed by atoms with E-state index >= 15 is 0 Å². The largest absolute Gasteiger partial charge is 0.494 e. The molecule has 14 N–H and O–H groups in total. The first kappa shape index (κ1) is 89.1. The van der Waals surface area contributed by atoms with E-state index in [-0.39, 0.29) is 104 Å². The van der Waals surface area contributed by atoms with Crippen molar-refractivity contribution in [2.24, 2.45) is 22.2 Å². The first-order chi connectivity index (χ1) is 53.8. The maximum atomic E-state index is 14.2. The van der Waals surface area contributed by atoms with E-state index in [2.05, 4.69) is 41.2 Å². The third-order valence-electron chi connectivity index (χ3n) is 16.8. The number of carbonyl (C=O) groups is 7. The molecule has 0 bridgehead atoms. The number of piperazine rings is 1. The van der Waals surface area contributed by atoms with Crippen molar-refractivity contribution >= 4 is 75.4 Å². The molecule has 4 aromatic rings. The highest BCUT2D eigenvalue weighted by atomic mass is 16.6. The third-order valence-corrected chi connectivity index (χ3v) is 16.8. The van der Waals surface area contributed by atoms with E-state index in [4.69, 9.17) is 79.0 Å². The highest BCUT2D eigenvalue weighted by molar-refractivity contribution is 6.43. The number of nitrogens with two attached hydrogens (primary N) is 3. The van der Waals surface area contributed by atoms with Crippen LogP contribution in [-0.4, -0.2) is 345 Å². The van der Waals surface area contributed by atoms with E-state index in [0.29, 0.717) is 161 Å². The number of hydrogen-bond acceptors (Lipinski definition) is 31. The van der Waals surface area contributed by atoms with Gasteiger partial charge < -0.3 is 125 Å². The van der Waals surface area contributed by atoms with E-state index in [0.717, 1.165) is 49.8 Å². The van der Waals surface area contributed by atoms with Crippen molar-refractivity contribution < 1.29 is 111 Å². The van der Waals surface area contributed by atoms with Gasteiger partial charge in [0.2, 0.25) is 23.7 Å². The fourth-order valence-electron chi connectivity index (χ4n) is 11.3. The van der Waals surface area contributed by atoms with Crippen molar-refractivity contribution in [3.8, 4) is 11.5 Å². The number of allylic oxidation sites excluding steroid dienone is 2. The zero-order valence-corrected chi connectivity index (χ0v) is 63.3. The molecule has 111 heavy (non-hydrogen) atoms. The second-order valence-electron chi connectivity index (χ2n) is 25.4. The SMILES string of the molecule is COc1cc(C(N)=O)cc2c1N(C/C=C/Cn1c(NC(=O)c3cc(C)nn3CC(O)CO)nc3cc(C(N)=O)cc(OCCCN4CCN(CCOCCOCCOCCOCCOCCOCCOCCOCCOCCOCCNC(=O)CN5C(=O)C=CC5=O)CC4)c31)C(NC(=O)C(/C=C(/C)N)=NCC(O)CO)N2. The standard InChI is InChI=1S/C72H108N16O23/c1-50(73)39-58(77-45-54(91)48-89)69(98)80-71-78-56-41-52(67(74)96)43-60(100-3)65(56)85(71)11-4-5-12-86-66-57(79-72(86)81-70(99)59-40-51(2)82-88(59)46-55(92)49-90)42-53(68(75)97)44-61(66)111-18-6-10-83-13-15-84(16-14-83)17-20-102-22-24-104-26-28-106-30-32-108-34-36-110-38-37-109-35-33-107-31-29-105-27-25-103-23-21-101-19-9-76-62(93)47-87-63(94)7-8-64(87)95/h4-5,7-8,39-44,54-55,71,78,89-92H,6,9-38,45-49,73H2,1-3H3,(H2,74,96)(H2,75,97)(H,76,93)(H,80,98)(H,79,81,99)/b5-4+,50-39-,77-58?. The fraction of sp³-hybridized carbons (Fsp3) is 0.583. The molecule has 1 fully saturated rings. The van der Waals surface area contributed by atoms with Crippen LogP contribution < -0.4 is 52.8 Å². The van der Waals surface area contributed by atoms with Gasteiger partial charge in [-0.3, -0.25) is 58.4 Å². The lowest BCUT2D eigenvalue weighted by atomic mass is 10.1. The normalized spacial score (nSPS) is 15.4. The number of primary amides is 2. The molecule has 2 aromatic carbocycles. The summed E-state index contributed by atoms with van der Waals surface area (Å²) in [7, 11) is 1.41. The number of anilines is 3. The molecule has 614 valence electrons. The Morgan fingerprint density at radius 2 is 1.17 bits per heavy atom. The Balaban J connectivity index is 0.763. The Labute approximate surface area is 643 Å². The van der Waals surface area contributed by atoms with Crippen molar-refractivity contribution in [1.29, 1.82) is 0 Å². The summed E-state index contributed by atoms with van der Waals surface area (Å²) < 4.78 is 70.9. The number of amides is 7. The summed E-state index contributed by atoms with van der Waals surface area (Å²) in [4.78, 5) is 105. The van der Waals surface area contributed by atoms with Gasteiger partial charge in [-0.25, -0.2) is 4.98 Å². The van der Waals surface area contributed by atoms with Gasteiger partial charge in [-0.05, 0) is 56.7 Å². The average Bonchev–Trinajstić information content (AvgIpc) is 1.63. The van der Waals surface area contributed by atoms with Crippen molar-refractivity contribution in [3.63, 3.8) is 0 Å². The summed E-state index contributed by atoms with van der Waals surface area (Å²) in [6, 6.07) is 7.53. The maximum absolute atomic E-state index is 14.2. The fourth-order valence-corrected chi connectivity index (χ4v) is 11.3. The Kier molecular flexibility index (Phi) is 39.5. The van der Waals surface area contributed by atoms with Gasteiger partial charge in [-0.15, -0.1) is 0 Å². The van der Waals surface area contributed by atoms with Gasteiger partial charge in [-0.2, -0.15) is 5.10 Å². The molecule has 39 heteroatoms. The molecule has 3 atom stereocenters. The predicted octanol–water partition coefficient (Wildman–Crippen LogP) is -2.51. The average molecular weight is 1570 g/mol. The zero-order chi connectivity index (χ0) is 79.7. The number of fused-ring (bicyclic) bond motifs is 2. The molecule has 39 nitrogen and oxygen atoms in total. The topological polar surface area (TPSA) is 498 Å². The molecule has 3 aliphatic heterocycles. The number of rotatable bonds is 58. The molecular weight excluding hydrogens is 1460 g/mol. The highest BCUT2D eigenvalue weighted by Gasteiger charge is 2.35. The molecule has 3 aliphatic rings. The van der Waals surface area contributed by atoms with Crippen LogP contribution in [0.1, 0.15) is 50.2 Å². The first-order valence-corrected chi connectivity index (χ1v) is 36.7. The number of aryl methyl sites for hydroxylation is 1. The van der Waals surface area contributed by atoms with Crippen LogP contribution in [0.5, 0.6) is 11.5 Å². The maximum Gasteiger partial charge on any atom is 0.276 e. The minimum Gasteiger partial charge on any atom is -0.494 e. The van der Waals surface area contributed by atoms with Crippen LogP contribution in [0.25, 0.3) is 11.0 Å². The van der Waals surface area contributed by atoms with Gasteiger partial charge in [0.05, 0.1) is 201 Å². The summed E-state index contributed by atoms with van der Waals surface area (Å²) >= 11 is 0. The summed E-state index contributed by atoms with van der Waals surface area (Å²) in [5, 5.41) is 55.4. The Morgan fingerprint density at radius 1 is 0.658 bits per heavy atom. The molecule has 0 spiro atoms.